The van der Waals surface area contributed by atoms with Crippen LogP contribution in [0.1, 0.15) is 26.5 Å². The Morgan fingerprint density at radius 2 is 1.65 bits per heavy atom. The molecule has 0 unspecified atom stereocenters. The first kappa shape index (κ1) is 23.7. The highest BCUT2D eigenvalue weighted by Crippen LogP contribution is 2.39. The number of benzene rings is 1. The first-order valence-corrected chi connectivity index (χ1v) is 11.4. The molecule has 10 heteroatoms. The van der Waals surface area contributed by atoms with Gasteiger partial charge < -0.3 is 20.9 Å². The number of hydrogen-bond acceptors (Lipinski definition) is 8. The minimum atomic E-state index is -0.704. The highest BCUT2D eigenvalue weighted by molar-refractivity contribution is 7.17. The molecule has 0 saturated heterocycles. The fourth-order valence-electron chi connectivity index (χ4n) is 2.76. The van der Waals surface area contributed by atoms with E-state index in [1.807, 2.05) is 19.1 Å². The van der Waals surface area contributed by atoms with Crippen molar-refractivity contribution >= 4 is 40.4 Å². The number of aliphatic hydroxyl groups is 1. The van der Waals surface area contributed by atoms with E-state index in [9.17, 15) is 5.11 Å². The maximum Gasteiger partial charge on any atom is 0.156 e. The van der Waals surface area contributed by atoms with Crippen molar-refractivity contribution in [3.8, 4) is 26.9 Å². The van der Waals surface area contributed by atoms with Crippen molar-refractivity contribution in [2.75, 3.05) is 11.9 Å². The second-order valence-corrected chi connectivity index (χ2v) is 9.37. The number of anilines is 1. The fraction of sp³-hybridized carbons (Fsp3) is 0.381. The Morgan fingerprint density at radius 3 is 2.19 bits per heavy atom. The molecular weight excluding hydrogens is 457 g/mol. The summed E-state index contributed by atoms with van der Waals surface area (Å²) in [5, 5.41) is 23.6. The van der Waals surface area contributed by atoms with Gasteiger partial charge in [0.2, 0.25) is 0 Å². The van der Waals surface area contributed by atoms with Gasteiger partial charge in [0.15, 0.2) is 5.75 Å². The van der Waals surface area contributed by atoms with Gasteiger partial charge in [-0.2, -0.15) is 0 Å². The molecule has 31 heavy (non-hydrogen) atoms. The van der Waals surface area contributed by atoms with Crippen LogP contribution in [0.5, 0.6) is 5.75 Å². The molecule has 0 aliphatic carbocycles. The van der Waals surface area contributed by atoms with Gasteiger partial charge in [0.25, 0.3) is 0 Å². The third kappa shape index (κ3) is 6.05. The molecule has 0 radical (unpaired) electrons. The predicted molar refractivity (Wildman–Crippen MR) is 127 cm³/mol. The van der Waals surface area contributed by atoms with Gasteiger partial charge in [-0.3, -0.25) is 0 Å². The lowest BCUT2D eigenvalue weighted by Crippen LogP contribution is -2.38. The molecule has 0 aliphatic heterocycles. The standard InChI is InChI=1S/C21H25Cl2N5O2S/c1-10(2)25-18-8-13(5-11(3)26-18)20-27-28-21(31-20)14-6-15(22)19(16(23)7-14)30-9-17(24)12(4)29/h5-8,10,12,17,29H,9,24H2,1-4H3,(H,25,26)/t12-,17+/m1/s1. The normalized spacial score (nSPS) is 13.3. The van der Waals surface area contributed by atoms with Gasteiger partial charge in [-0.15, -0.1) is 10.2 Å². The Balaban J connectivity index is 1.85. The summed E-state index contributed by atoms with van der Waals surface area (Å²) in [5.74, 6) is 1.12. The van der Waals surface area contributed by atoms with E-state index in [1.165, 1.54) is 11.3 Å². The van der Waals surface area contributed by atoms with E-state index in [0.717, 1.165) is 27.6 Å². The van der Waals surface area contributed by atoms with Crippen LogP contribution in [-0.2, 0) is 0 Å². The molecule has 1 aromatic carbocycles. The van der Waals surface area contributed by atoms with Crippen molar-refractivity contribution in [3.63, 3.8) is 0 Å². The lowest BCUT2D eigenvalue weighted by Gasteiger charge is -2.17. The molecular formula is C21H25Cl2N5O2S. The number of ether oxygens (including phenoxy) is 1. The summed E-state index contributed by atoms with van der Waals surface area (Å²) in [5.41, 5.74) is 8.36. The third-order valence-corrected chi connectivity index (χ3v) is 5.93. The minimum absolute atomic E-state index is 0.0908. The summed E-state index contributed by atoms with van der Waals surface area (Å²) in [6.45, 7) is 7.75. The van der Waals surface area contributed by atoms with Gasteiger partial charge in [-0.05, 0) is 52.0 Å². The van der Waals surface area contributed by atoms with E-state index in [-0.39, 0.29) is 12.6 Å². The molecule has 0 fully saturated rings. The molecule has 4 N–H and O–H groups in total. The van der Waals surface area contributed by atoms with Crippen molar-refractivity contribution < 1.29 is 9.84 Å². The molecule has 0 aliphatic rings. The number of aromatic nitrogens is 3. The average molecular weight is 482 g/mol. The molecule has 0 spiro atoms. The number of rotatable bonds is 8. The van der Waals surface area contributed by atoms with Gasteiger partial charge in [-0.1, -0.05) is 34.5 Å². The van der Waals surface area contributed by atoms with Crippen LogP contribution in [-0.4, -0.2) is 45.1 Å². The van der Waals surface area contributed by atoms with Crippen LogP contribution >= 0.6 is 34.5 Å². The topological polar surface area (TPSA) is 106 Å². The molecule has 2 heterocycles. The number of nitrogens with zero attached hydrogens (tertiary/aromatic N) is 3. The molecule has 3 rings (SSSR count). The Labute approximate surface area is 195 Å². The fourth-order valence-corrected chi connectivity index (χ4v) is 4.17. The molecule has 3 aromatic rings. The van der Waals surface area contributed by atoms with Crippen molar-refractivity contribution in [2.24, 2.45) is 5.73 Å². The Kier molecular flexibility index (Phi) is 7.72. The van der Waals surface area contributed by atoms with E-state index in [2.05, 4.69) is 34.3 Å². The van der Waals surface area contributed by atoms with Crippen molar-refractivity contribution in [1.29, 1.82) is 0 Å². The predicted octanol–water partition coefficient (Wildman–Crippen LogP) is 4.79. The lowest BCUT2D eigenvalue weighted by molar-refractivity contribution is 0.131. The van der Waals surface area contributed by atoms with Gasteiger partial charge in [0, 0.05) is 22.9 Å². The summed E-state index contributed by atoms with van der Waals surface area (Å²) in [4.78, 5) is 4.51. The van der Waals surface area contributed by atoms with Crippen LogP contribution in [0.15, 0.2) is 24.3 Å². The van der Waals surface area contributed by atoms with Crippen molar-refractivity contribution in [3.05, 3.63) is 40.0 Å². The Bertz CT molecular complexity index is 1030. The summed E-state index contributed by atoms with van der Waals surface area (Å²) in [6, 6.07) is 7.11. The van der Waals surface area contributed by atoms with Crippen LogP contribution in [0.2, 0.25) is 10.0 Å². The zero-order chi connectivity index (χ0) is 22.7. The molecule has 7 nitrogen and oxygen atoms in total. The first-order chi connectivity index (χ1) is 14.6. The van der Waals surface area contributed by atoms with Crippen LogP contribution in [0, 0.1) is 6.92 Å². The van der Waals surface area contributed by atoms with Crippen LogP contribution in [0.4, 0.5) is 5.82 Å². The maximum absolute atomic E-state index is 9.51. The largest absolute Gasteiger partial charge is 0.489 e. The number of nitrogens with two attached hydrogens (primary N) is 1. The second-order valence-electron chi connectivity index (χ2n) is 7.58. The summed E-state index contributed by atoms with van der Waals surface area (Å²) >= 11 is 14.2. The van der Waals surface area contributed by atoms with Crippen LogP contribution < -0.4 is 15.8 Å². The molecule has 0 bridgehead atoms. The maximum atomic E-state index is 9.51. The smallest absolute Gasteiger partial charge is 0.156 e. The summed E-state index contributed by atoms with van der Waals surface area (Å²) in [6.07, 6.45) is -0.704. The second kappa shape index (κ2) is 10.1. The quantitative estimate of drug-likeness (QED) is 0.424. The summed E-state index contributed by atoms with van der Waals surface area (Å²) < 4.78 is 5.62. The number of halogens is 2. The van der Waals surface area contributed by atoms with Gasteiger partial charge in [0.05, 0.1) is 22.2 Å². The Morgan fingerprint density at radius 1 is 1.06 bits per heavy atom. The number of hydrogen-bond donors (Lipinski definition) is 3. The molecule has 0 saturated carbocycles. The van der Waals surface area contributed by atoms with E-state index in [4.69, 9.17) is 33.7 Å². The van der Waals surface area contributed by atoms with E-state index in [0.29, 0.717) is 20.8 Å². The van der Waals surface area contributed by atoms with Crippen LogP contribution in [0.25, 0.3) is 21.1 Å². The van der Waals surface area contributed by atoms with Crippen molar-refractivity contribution in [2.45, 2.75) is 45.9 Å². The number of aryl methyl sites for hydroxylation is 1. The number of nitrogens with one attached hydrogen (secondary N) is 1. The molecule has 166 valence electrons. The highest BCUT2D eigenvalue weighted by Gasteiger charge is 2.17. The van der Waals surface area contributed by atoms with E-state index < -0.39 is 12.1 Å². The number of pyridine rings is 1. The van der Waals surface area contributed by atoms with E-state index >= 15 is 0 Å². The highest BCUT2D eigenvalue weighted by atomic mass is 35.5. The monoisotopic (exact) mass is 481 g/mol. The molecule has 0 amide bonds. The van der Waals surface area contributed by atoms with Gasteiger partial charge >= 0.3 is 0 Å². The Hall–Kier alpha value is -1.97. The minimum Gasteiger partial charge on any atom is -0.489 e. The first-order valence-electron chi connectivity index (χ1n) is 9.79. The SMILES string of the molecule is Cc1cc(-c2nnc(-c3cc(Cl)c(OC[C@H](N)[C@@H](C)O)c(Cl)c3)s2)cc(NC(C)C)n1. The number of aliphatic hydroxyl groups excluding tert-OH is 1. The average Bonchev–Trinajstić information content (AvgIpc) is 3.16. The van der Waals surface area contributed by atoms with Gasteiger partial charge in [0.1, 0.15) is 22.4 Å². The zero-order valence-corrected chi connectivity index (χ0v) is 20.0. The van der Waals surface area contributed by atoms with Crippen molar-refractivity contribution in [1.82, 2.24) is 15.2 Å². The molecule has 2 aromatic heterocycles. The molecule has 2 atom stereocenters. The lowest BCUT2D eigenvalue weighted by atomic mass is 10.2. The zero-order valence-electron chi connectivity index (χ0n) is 17.7. The van der Waals surface area contributed by atoms with Crippen LogP contribution in [0.3, 0.4) is 0 Å². The van der Waals surface area contributed by atoms with Gasteiger partial charge in [-0.25, -0.2) is 4.98 Å². The van der Waals surface area contributed by atoms with E-state index in [1.54, 1.807) is 19.1 Å². The summed E-state index contributed by atoms with van der Waals surface area (Å²) in [7, 11) is 0. The third-order valence-electron chi connectivity index (χ3n) is 4.35.